The number of nitrogens with zero attached hydrogens (tertiary/aromatic N) is 1. The minimum Gasteiger partial charge on any atom is -0.493 e. The number of halogens is 3. The van der Waals surface area contributed by atoms with Gasteiger partial charge in [0, 0.05) is 41.1 Å². The van der Waals surface area contributed by atoms with Gasteiger partial charge >= 0.3 is 0 Å². The second-order valence-electron chi connectivity index (χ2n) is 5.97. The van der Waals surface area contributed by atoms with Crippen LogP contribution in [-0.4, -0.2) is 12.1 Å². The molecule has 148 valence electrons. The zero-order chi connectivity index (χ0) is 19.1. The number of pyridine rings is 1. The predicted molar refractivity (Wildman–Crippen MR) is 116 cm³/mol. The summed E-state index contributed by atoms with van der Waals surface area (Å²) in [6.45, 7) is 1.84. The molecule has 0 radical (unpaired) electrons. The number of aromatic nitrogens is 1. The van der Waals surface area contributed by atoms with E-state index in [1.54, 1.807) is 31.6 Å². The van der Waals surface area contributed by atoms with E-state index in [9.17, 15) is 0 Å². The normalized spacial score (nSPS) is 10.2. The summed E-state index contributed by atoms with van der Waals surface area (Å²) in [5.41, 5.74) is 3.17. The van der Waals surface area contributed by atoms with Crippen LogP contribution in [0.4, 0.5) is 0 Å². The SMILES string of the molecule is COc1cc(CNCc2ccncc2)ccc1OCc1ccc(Cl)cc1Cl.Cl. The average Bonchev–Trinajstić information content (AvgIpc) is 2.68. The van der Waals surface area contributed by atoms with Crippen molar-refractivity contribution in [3.8, 4) is 11.5 Å². The quantitative estimate of drug-likeness (QED) is 0.490. The Bertz CT molecular complexity index is 892. The Kier molecular flexibility index (Phi) is 8.87. The summed E-state index contributed by atoms with van der Waals surface area (Å²) < 4.78 is 11.4. The molecule has 1 heterocycles. The highest BCUT2D eigenvalue weighted by Gasteiger charge is 2.08. The summed E-state index contributed by atoms with van der Waals surface area (Å²) >= 11 is 12.1. The van der Waals surface area contributed by atoms with Crippen LogP contribution < -0.4 is 14.8 Å². The third-order valence-corrected chi connectivity index (χ3v) is 4.62. The van der Waals surface area contributed by atoms with Gasteiger partial charge in [-0.3, -0.25) is 4.98 Å². The van der Waals surface area contributed by atoms with Gasteiger partial charge < -0.3 is 14.8 Å². The lowest BCUT2D eigenvalue weighted by molar-refractivity contribution is 0.284. The number of nitrogens with one attached hydrogen (secondary N) is 1. The molecule has 3 rings (SSSR count). The highest BCUT2D eigenvalue weighted by molar-refractivity contribution is 6.35. The number of methoxy groups -OCH3 is 1. The van der Waals surface area contributed by atoms with Gasteiger partial charge in [-0.15, -0.1) is 12.4 Å². The van der Waals surface area contributed by atoms with Crippen molar-refractivity contribution in [1.82, 2.24) is 10.3 Å². The average molecular weight is 440 g/mol. The third kappa shape index (κ3) is 6.28. The van der Waals surface area contributed by atoms with E-state index in [4.69, 9.17) is 32.7 Å². The summed E-state index contributed by atoms with van der Waals surface area (Å²) in [6.07, 6.45) is 3.58. The summed E-state index contributed by atoms with van der Waals surface area (Å²) in [4.78, 5) is 4.02. The van der Waals surface area contributed by atoms with E-state index in [0.29, 0.717) is 28.2 Å². The molecule has 0 aliphatic rings. The molecule has 1 aromatic heterocycles. The molecule has 1 N–H and O–H groups in total. The fraction of sp³-hybridized carbons (Fsp3) is 0.190. The molecule has 4 nitrogen and oxygen atoms in total. The second kappa shape index (κ2) is 11.1. The Balaban J connectivity index is 0.00000280. The maximum absolute atomic E-state index is 6.19. The molecule has 28 heavy (non-hydrogen) atoms. The van der Waals surface area contributed by atoms with Crippen LogP contribution in [0, 0.1) is 0 Å². The van der Waals surface area contributed by atoms with Gasteiger partial charge in [-0.05, 0) is 47.5 Å². The maximum Gasteiger partial charge on any atom is 0.161 e. The molecule has 0 saturated carbocycles. The number of ether oxygens (including phenoxy) is 2. The zero-order valence-corrected chi connectivity index (χ0v) is 17.7. The second-order valence-corrected chi connectivity index (χ2v) is 6.81. The summed E-state index contributed by atoms with van der Waals surface area (Å²) in [5.74, 6) is 1.35. The van der Waals surface area contributed by atoms with Crippen molar-refractivity contribution >= 4 is 35.6 Å². The van der Waals surface area contributed by atoms with Gasteiger partial charge in [0.15, 0.2) is 11.5 Å². The molecule has 0 bridgehead atoms. The first-order chi connectivity index (χ1) is 13.2. The van der Waals surface area contributed by atoms with Crippen LogP contribution in [0.3, 0.4) is 0 Å². The molecule has 0 spiro atoms. The van der Waals surface area contributed by atoms with Crippen LogP contribution in [0.1, 0.15) is 16.7 Å². The molecule has 0 aliphatic heterocycles. The van der Waals surface area contributed by atoms with E-state index in [1.807, 2.05) is 36.4 Å². The van der Waals surface area contributed by atoms with E-state index >= 15 is 0 Å². The van der Waals surface area contributed by atoms with Crippen LogP contribution in [0.25, 0.3) is 0 Å². The van der Waals surface area contributed by atoms with Crippen molar-refractivity contribution < 1.29 is 9.47 Å². The van der Waals surface area contributed by atoms with Crippen molar-refractivity contribution in [2.75, 3.05) is 7.11 Å². The Morgan fingerprint density at radius 1 is 0.893 bits per heavy atom. The molecule has 0 atom stereocenters. The lowest BCUT2D eigenvalue weighted by atomic mass is 10.2. The van der Waals surface area contributed by atoms with Crippen molar-refractivity contribution in [2.45, 2.75) is 19.7 Å². The fourth-order valence-corrected chi connectivity index (χ4v) is 3.05. The summed E-state index contributed by atoms with van der Waals surface area (Å²) in [6, 6.07) is 15.2. The van der Waals surface area contributed by atoms with Crippen LogP contribution in [0.2, 0.25) is 10.0 Å². The van der Waals surface area contributed by atoms with Gasteiger partial charge in [0.1, 0.15) is 6.61 Å². The Labute approximate surface area is 181 Å². The topological polar surface area (TPSA) is 43.4 Å². The first-order valence-electron chi connectivity index (χ1n) is 8.49. The van der Waals surface area contributed by atoms with Crippen molar-refractivity contribution in [3.63, 3.8) is 0 Å². The number of rotatable bonds is 8. The molecular weight excluding hydrogens is 419 g/mol. The maximum atomic E-state index is 6.19. The van der Waals surface area contributed by atoms with Gasteiger partial charge in [0.05, 0.1) is 7.11 Å². The lowest BCUT2D eigenvalue weighted by Gasteiger charge is -2.13. The predicted octanol–water partition coefficient (Wildman–Crippen LogP) is 5.69. The lowest BCUT2D eigenvalue weighted by Crippen LogP contribution is -2.12. The van der Waals surface area contributed by atoms with Crippen LogP contribution >= 0.6 is 35.6 Å². The number of hydrogen-bond acceptors (Lipinski definition) is 4. The highest BCUT2D eigenvalue weighted by atomic mass is 35.5. The van der Waals surface area contributed by atoms with Gasteiger partial charge in [0.2, 0.25) is 0 Å². The number of benzene rings is 2. The molecule has 3 aromatic rings. The molecule has 0 aliphatic carbocycles. The monoisotopic (exact) mass is 438 g/mol. The summed E-state index contributed by atoms with van der Waals surface area (Å²) in [7, 11) is 1.63. The first-order valence-corrected chi connectivity index (χ1v) is 9.24. The van der Waals surface area contributed by atoms with Crippen LogP contribution in [-0.2, 0) is 19.7 Å². The van der Waals surface area contributed by atoms with E-state index in [0.717, 1.165) is 24.2 Å². The molecule has 0 amide bonds. The largest absolute Gasteiger partial charge is 0.493 e. The van der Waals surface area contributed by atoms with Crippen molar-refractivity contribution in [1.29, 1.82) is 0 Å². The molecule has 0 saturated heterocycles. The standard InChI is InChI=1S/C21H20Cl2N2O2.ClH/c1-26-21-10-16(13-25-12-15-6-8-24-9-7-15)2-5-20(21)27-14-17-3-4-18(22)11-19(17)23;/h2-11,25H,12-14H2,1H3;1H. The van der Waals surface area contributed by atoms with E-state index in [1.165, 1.54) is 5.56 Å². The van der Waals surface area contributed by atoms with Crippen molar-refractivity contribution in [2.24, 2.45) is 0 Å². The van der Waals surface area contributed by atoms with E-state index < -0.39 is 0 Å². The molecule has 7 heteroatoms. The van der Waals surface area contributed by atoms with Crippen molar-refractivity contribution in [3.05, 3.63) is 87.7 Å². The van der Waals surface area contributed by atoms with E-state index in [-0.39, 0.29) is 12.4 Å². The number of hydrogen-bond donors (Lipinski definition) is 1. The van der Waals surface area contributed by atoms with Gasteiger partial charge in [-0.1, -0.05) is 35.3 Å². The van der Waals surface area contributed by atoms with Gasteiger partial charge in [0.25, 0.3) is 0 Å². The summed E-state index contributed by atoms with van der Waals surface area (Å²) in [5, 5.41) is 4.59. The minimum atomic E-state index is 0. The van der Waals surface area contributed by atoms with Crippen LogP contribution in [0.5, 0.6) is 11.5 Å². The minimum absolute atomic E-state index is 0. The molecule has 0 fully saturated rings. The van der Waals surface area contributed by atoms with E-state index in [2.05, 4.69) is 10.3 Å². The van der Waals surface area contributed by atoms with Crippen LogP contribution in [0.15, 0.2) is 60.9 Å². The van der Waals surface area contributed by atoms with Gasteiger partial charge in [-0.25, -0.2) is 0 Å². The van der Waals surface area contributed by atoms with Gasteiger partial charge in [-0.2, -0.15) is 0 Å². The Morgan fingerprint density at radius 3 is 2.36 bits per heavy atom. The fourth-order valence-electron chi connectivity index (χ4n) is 2.59. The molecular formula is C21H21Cl3N2O2. The first kappa shape index (κ1) is 22.3. The Morgan fingerprint density at radius 2 is 1.64 bits per heavy atom. The smallest absolute Gasteiger partial charge is 0.161 e. The molecule has 0 unspecified atom stereocenters. The zero-order valence-electron chi connectivity index (χ0n) is 15.3. The molecule has 2 aromatic carbocycles. The highest BCUT2D eigenvalue weighted by Crippen LogP contribution is 2.30. The Hall–Kier alpha value is -1.98. The third-order valence-electron chi connectivity index (χ3n) is 4.03.